The number of hydrazine groups is 1. The van der Waals surface area contributed by atoms with Crippen LogP contribution in [-0.2, 0) is 0 Å². The van der Waals surface area contributed by atoms with Crippen molar-refractivity contribution in [2.45, 2.75) is 6.92 Å². The van der Waals surface area contributed by atoms with Gasteiger partial charge in [0.15, 0.2) is 0 Å². The molecule has 0 saturated carbocycles. The number of nitrogens with one attached hydrogen (secondary N) is 1. The molecule has 3 nitrogen and oxygen atoms in total. The predicted molar refractivity (Wildman–Crippen MR) is 55.5 cm³/mol. The van der Waals surface area contributed by atoms with Crippen LogP contribution in [0.25, 0.3) is 0 Å². The Labute approximate surface area is 84.4 Å². The smallest absolute Gasteiger partial charge is 0.265 e. The number of nitrogens with two attached hydrogens (primary N) is 1. The van der Waals surface area contributed by atoms with E-state index in [1.807, 2.05) is 19.1 Å². The Bertz CT molecular complexity index is 312. The van der Waals surface area contributed by atoms with E-state index in [9.17, 15) is 4.79 Å². The zero-order chi connectivity index (χ0) is 9.14. The van der Waals surface area contributed by atoms with Gasteiger partial charge >= 0.3 is 0 Å². The van der Waals surface area contributed by atoms with Crippen molar-refractivity contribution in [1.29, 1.82) is 0 Å². The molecular weight excluding hydrogens is 267 g/mol. The zero-order valence-electron chi connectivity index (χ0n) is 6.60. The Kier molecular flexibility index (Phi) is 3.05. The number of carbonyl (C=O) groups excluding carboxylic acids is 1. The summed E-state index contributed by atoms with van der Waals surface area (Å²) >= 11 is 2.19. The molecule has 1 amide bonds. The Morgan fingerprint density at radius 3 is 2.75 bits per heavy atom. The van der Waals surface area contributed by atoms with Crippen LogP contribution in [0.1, 0.15) is 15.9 Å². The van der Waals surface area contributed by atoms with Crippen LogP contribution >= 0.6 is 22.6 Å². The fourth-order valence-electron chi connectivity index (χ4n) is 0.960. The van der Waals surface area contributed by atoms with Gasteiger partial charge in [-0.25, -0.2) is 5.84 Å². The molecular formula is C8H9IN2O. The van der Waals surface area contributed by atoms with Gasteiger partial charge in [0.1, 0.15) is 0 Å². The quantitative estimate of drug-likeness (QED) is 0.350. The molecule has 0 spiro atoms. The predicted octanol–water partition coefficient (Wildman–Crippen LogP) is 1.20. The van der Waals surface area contributed by atoms with Crippen molar-refractivity contribution < 1.29 is 4.79 Å². The summed E-state index contributed by atoms with van der Waals surface area (Å²) in [7, 11) is 0. The molecule has 0 radical (unpaired) electrons. The molecule has 0 aromatic heterocycles. The maximum absolute atomic E-state index is 11.1. The maximum atomic E-state index is 11.1. The van der Waals surface area contributed by atoms with Gasteiger partial charge in [-0.05, 0) is 53.3 Å². The molecule has 4 heteroatoms. The van der Waals surface area contributed by atoms with Crippen molar-refractivity contribution in [2.75, 3.05) is 0 Å². The Morgan fingerprint density at radius 2 is 2.25 bits per heavy atom. The molecule has 1 aromatic carbocycles. The zero-order valence-corrected chi connectivity index (χ0v) is 8.75. The van der Waals surface area contributed by atoms with Crippen molar-refractivity contribution in [3.05, 3.63) is 32.9 Å². The van der Waals surface area contributed by atoms with Crippen molar-refractivity contribution in [3.63, 3.8) is 0 Å². The molecule has 3 N–H and O–H groups in total. The van der Waals surface area contributed by atoms with Gasteiger partial charge in [0.2, 0.25) is 0 Å². The molecule has 1 rings (SSSR count). The lowest BCUT2D eigenvalue weighted by Crippen LogP contribution is -2.30. The second-order valence-corrected chi connectivity index (χ2v) is 3.68. The fraction of sp³-hybridized carbons (Fsp3) is 0.125. The highest BCUT2D eigenvalue weighted by Crippen LogP contribution is 2.12. The summed E-state index contributed by atoms with van der Waals surface area (Å²) < 4.78 is 1.11. The number of halogens is 1. The number of hydrogen-bond acceptors (Lipinski definition) is 2. The van der Waals surface area contributed by atoms with E-state index in [2.05, 4.69) is 28.0 Å². The third-order valence-corrected chi connectivity index (χ3v) is 2.24. The van der Waals surface area contributed by atoms with Gasteiger partial charge < -0.3 is 0 Å². The van der Waals surface area contributed by atoms with Gasteiger partial charge in [-0.2, -0.15) is 0 Å². The number of nitrogen functional groups attached to an aromatic ring is 1. The highest BCUT2D eigenvalue weighted by molar-refractivity contribution is 14.1. The van der Waals surface area contributed by atoms with E-state index in [1.54, 1.807) is 6.07 Å². The second kappa shape index (κ2) is 3.86. The minimum atomic E-state index is -0.246. The molecule has 0 aliphatic heterocycles. The van der Waals surface area contributed by atoms with Crippen LogP contribution in [0.3, 0.4) is 0 Å². The van der Waals surface area contributed by atoms with Crippen LogP contribution in [0.15, 0.2) is 18.2 Å². The number of hydrogen-bond donors (Lipinski definition) is 2. The first-order chi connectivity index (χ1) is 5.65. The van der Waals surface area contributed by atoms with Gasteiger partial charge in [0.25, 0.3) is 5.91 Å². The summed E-state index contributed by atoms with van der Waals surface area (Å²) in [5, 5.41) is 0. The van der Waals surface area contributed by atoms with Gasteiger partial charge in [-0.15, -0.1) is 0 Å². The topological polar surface area (TPSA) is 55.1 Å². The maximum Gasteiger partial charge on any atom is 0.265 e. The lowest BCUT2D eigenvalue weighted by Gasteiger charge is -2.03. The van der Waals surface area contributed by atoms with E-state index in [0.29, 0.717) is 5.56 Å². The van der Waals surface area contributed by atoms with Crippen LogP contribution in [-0.4, -0.2) is 5.91 Å². The van der Waals surface area contributed by atoms with Crippen molar-refractivity contribution >= 4 is 28.5 Å². The van der Waals surface area contributed by atoms with E-state index < -0.39 is 0 Å². The van der Waals surface area contributed by atoms with Crippen molar-refractivity contribution in [1.82, 2.24) is 5.43 Å². The Morgan fingerprint density at radius 1 is 1.58 bits per heavy atom. The number of benzene rings is 1. The van der Waals surface area contributed by atoms with Crippen LogP contribution in [0, 0.1) is 10.5 Å². The monoisotopic (exact) mass is 276 g/mol. The average molecular weight is 276 g/mol. The van der Waals surface area contributed by atoms with Crippen LogP contribution < -0.4 is 11.3 Å². The molecule has 0 unspecified atom stereocenters. The first-order valence-electron chi connectivity index (χ1n) is 3.42. The van der Waals surface area contributed by atoms with Gasteiger partial charge in [0.05, 0.1) is 0 Å². The minimum Gasteiger partial charge on any atom is -0.290 e. The van der Waals surface area contributed by atoms with E-state index >= 15 is 0 Å². The van der Waals surface area contributed by atoms with Gasteiger partial charge in [-0.3, -0.25) is 10.2 Å². The molecule has 64 valence electrons. The third-order valence-electron chi connectivity index (χ3n) is 1.56. The van der Waals surface area contributed by atoms with Crippen molar-refractivity contribution in [2.24, 2.45) is 5.84 Å². The average Bonchev–Trinajstić information content (AvgIpc) is 2.03. The summed E-state index contributed by atoms with van der Waals surface area (Å²) in [5.74, 6) is 4.76. The van der Waals surface area contributed by atoms with E-state index in [-0.39, 0.29) is 5.91 Å². The molecule has 0 aliphatic carbocycles. The first-order valence-corrected chi connectivity index (χ1v) is 4.50. The molecule has 0 saturated heterocycles. The van der Waals surface area contributed by atoms with Gasteiger partial charge in [0, 0.05) is 9.13 Å². The third kappa shape index (κ3) is 1.95. The summed E-state index contributed by atoms with van der Waals surface area (Å²) in [5.41, 5.74) is 3.66. The van der Waals surface area contributed by atoms with Crippen molar-refractivity contribution in [3.8, 4) is 0 Å². The summed E-state index contributed by atoms with van der Waals surface area (Å²) in [6.07, 6.45) is 0. The number of aryl methyl sites for hydroxylation is 1. The Balaban J connectivity index is 3.09. The molecule has 0 fully saturated rings. The Hall–Kier alpha value is -0.620. The highest BCUT2D eigenvalue weighted by atomic mass is 127. The number of amides is 1. The minimum absolute atomic E-state index is 0.246. The van der Waals surface area contributed by atoms with Crippen LogP contribution in [0.4, 0.5) is 0 Å². The molecule has 0 atom stereocenters. The highest BCUT2D eigenvalue weighted by Gasteiger charge is 2.06. The lowest BCUT2D eigenvalue weighted by atomic mass is 10.1. The number of rotatable bonds is 1. The SMILES string of the molecule is Cc1cc(I)ccc1C(=O)NN. The number of carbonyl (C=O) groups is 1. The molecule has 0 heterocycles. The summed E-state index contributed by atoms with van der Waals surface area (Å²) in [6.45, 7) is 1.88. The molecule has 0 bridgehead atoms. The van der Waals surface area contributed by atoms with Crippen LogP contribution in [0.2, 0.25) is 0 Å². The largest absolute Gasteiger partial charge is 0.290 e. The fourth-order valence-corrected chi connectivity index (χ4v) is 1.61. The van der Waals surface area contributed by atoms with Crippen LogP contribution in [0.5, 0.6) is 0 Å². The van der Waals surface area contributed by atoms with E-state index in [1.165, 1.54) is 0 Å². The summed E-state index contributed by atoms with van der Waals surface area (Å²) in [4.78, 5) is 11.1. The standard InChI is InChI=1S/C8H9IN2O/c1-5-4-6(9)2-3-7(5)8(12)11-10/h2-4H,10H2,1H3,(H,11,12). The van der Waals surface area contributed by atoms with E-state index in [4.69, 9.17) is 5.84 Å². The van der Waals surface area contributed by atoms with E-state index in [0.717, 1.165) is 9.13 Å². The van der Waals surface area contributed by atoms with Gasteiger partial charge in [-0.1, -0.05) is 0 Å². The second-order valence-electron chi connectivity index (χ2n) is 2.43. The lowest BCUT2D eigenvalue weighted by molar-refractivity contribution is 0.0953. The molecule has 12 heavy (non-hydrogen) atoms. The first kappa shape index (κ1) is 9.47. The summed E-state index contributed by atoms with van der Waals surface area (Å²) in [6, 6.07) is 5.57. The molecule has 0 aliphatic rings. The normalized spacial score (nSPS) is 9.58. The molecule has 1 aromatic rings.